The molecule has 0 saturated carbocycles. The highest BCUT2D eigenvalue weighted by Gasteiger charge is 2.40. The number of anilines is 1. The third-order valence-electron chi connectivity index (χ3n) is 4.43. The Kier molecular flexibility index (Phi) is 2.84. The molecule has 0 amide bonds. The fourth-order valence-electron chi connectivity index (χ4n) is 3.52. The number of hydrogen-bond donors (Lipinski definition) is 1. The molecule has 3 nitrogen and oxygen atoms in total. The van der Waals surface area contributed by atoms with Crippen molar-refractivity contribution in [3.63, 3.8) is 0 Å². The highest BCUT2D eigenvalue weighted by atomic mass is 32.1. The topological polar surface area (TPSA) is 59.0 Å². The zero-order chi connectivity index (χ0) is 12.8. The van der Waals surface area contributed by atoms with Gasteiger partial charge in [0.25, 0.3) is 0 Å². The zero-order valence-electron chi connectivity index (χ0n) is 10.7. The number of nitrogens with two attached hydrogens (primary N) is 1. The fourth-order valence-corrected chi connectivity index (χ4v) is 4.76. The van der Waals surface area contributed by atoms with Crippen LogP contribution < -0.4 is 5.73 Å². The first-order valence-electron chi connectivity index (χ1n) is 6.55. The van der Waals surface area contributed by atoms with Crippen molar-refractivity contribution in [3.05, 3.63) is 16.0 Å². The molecule has 2 unspecified atom stereocenters. The molecule has 1 aliphatic heterocycles. The maximum absolute atomic E-state index is 9.16. The number of rotatable bonds is 0. The van der Waals surface area contributed by atoms with Crippen LogP contribution in [0.2, 0.25) is 0 Å². The highest BCUT2D eigenvalue weighted by molar-refractivity contribution is 7.16. The van der Waals surface area contributed by atoms with Crippen molar-refractivity contribution in [2.75, 3.05) is 12.3 Å². The SMILES string of the molecule is CC1CC2(CCO1)CCc1c(sc(N)c1C#N)C2. The van der Waals surface area contributed by atoms with E-state index in [1.165, 1.54) is 16.9 Å². The van der Waals surface area contributed by atoms with Crippen molar-refractivity contribution in [2.24, 2.45) is 5.41 Å². The molecule has 1 fully saturated rings. The first-order valence-corrected chi connectivity index (χ1v) is 7.37. The summed E-state index contributed by atoms with van der Waals surface area (Å²) in [6, 6.07) is 2.26. The minimum absolute atomic E-state index is 0.369. The summed E-state index contributed by atoms with van der Waals surface area (Å²) < 4.78 is 5.67. The smallest absolute Gasteiger partial charge is 0.104 e. The third-order valence-corrected chi connectivity index (χ3v) is 5.49. The van der Waals surface area contributed by atoms with Crippen molar-refractivity contribution in [3.8, 4) is 6.07 Å². The highest BCUT2D eigenvalue weighted by Crippen LogP contribution is 2.48. The van der Waals surface area contributed by atoms with Crippen molar-refractivity contribution >= 4 is 16.3 Å². The average molecular weight is 262 g/mol. The van der Waals surface area contributed by atoms with E-state index < -0.39 is 0 Å². The van der Waals surface area contributed by atoms with Crippen LogP contribution in [0.4, 0.5) is 5.00 Å². The molecule has 1 spiro atoms. The number of nitrogen functional groups attached to an aromatic ring is 1. The van der Waals surface area contributed by atoms with Gasteiger partial charge in [0.2, 0.25) is 0 Å². The minimum atomic E-state index is 0.369. The van der Waals surface area contributed by atoms with Gasteiger partial charge in [-0.3, -0.25) is 0 Å². The maximum Gasteiger partial charge on any atom is 0.104 e. The van der Waals surface area contributed by atoms with E-state index in [2.05, 4.69) is 13.0 Å². The van der Waals surface area contributed by atoms with Gasteiger partial charge in [-0.05, 0) is 50.0 Å². The van der Waals surface area contributed by atoms with Crippen LogP contribution >= 0.6 is 11.3 Å². The van der Waals surface area contributed by atoms with Gasteiger partial charge in [-0.2, -0.15) is 5.26 Å². The van der Waals surface area contributed by atoms with Crippen LogP contribution in [0.15, 0.2) is 0 Å². The second-order valence-corrected chi connectivity index (χ2v) is 6.80. The van der Waals surface area contributed by atoms with E-state index in [1.54, 1.807) is 11.3 Å². The summed E-state index contributed by atoms with van der Waals surface area (Å²) >= 11 is 1.62. The molecule has 1 aromatic heterocycles. The van der Waals surface area contributed by atoms with E-state index >= 15 is 0 Å². The first kappa shape index (κ1) is 12.0. The molecule has 2 heterocycles. The largest absolute Gasteiger partial charge is 0.389 e. The second-order valence-electron chi connectivity index (χ2n) is 5.67. The monoisotopic (exact) mass is 262 g/mol. The Balaban J connectivity index is 1.92. The van der Waals surface area contributed by atoms with Gasteiger partial charge in [0.15, 0.2) is 0 Å². The van der Waals surface area contributed by atoms with Gasteiger partial charge in [0.1, 0.15) is 11.1 Å². The Hall–Kier alpha value is -1.05. The molecule has 1 saturated heterocycles. The number of thiophene rings is 1. The Morgan fingerprint density at radius 2 is 2.33 bits per heavy atom. The van der Waals surface area contributed by atoms with E-state index in [4.69, 9.17) is 15.7 Å². The van der Waals surface area contributed by atoms with Crippen LogP contribution in [0.5, 0.6) is 0 Å². The number of ether oxygens (including phenoxy) is 1. The predicted octanol–water partition coefficient (Wildman–Crippen LogP) is 2.88. The molecular formula is C14H18N2OS. The molecule has 2 atom stereocenters. The average Bonchev–Trinajstić information content (AvgIpc) is 2.63. The standard InChI is InChI=1S/C14H18N2OS/c1-9-6-14(4-5-17-9)3-2-10-11(8-15)13(16)18-12(10)7-14/h9H,2-7,16H2,1H3. The fraction of sp³-hybridized carbons (Fsp3) is 0.643. The van der Waals surface area contributed by atoms with Crippen LogP contribution in [-0.4, -0.2) is 12.7 Å². The van der Waals surface area contributed by atoms with E-state index in [9.17, 15) is 0 Å². The van der Waals surface area contributed by atoms with Gasteiger partial charge in [-0.25, -0.2) is 0 Å². The Labute approximate surface area is 112 Å². The quantitative estimate of drug-likeness (QED) is 0.782. The third kappa shape index (κ3) is 1.82. The summed E-state index contributed by atoms with van der Waals surface area (Å²) in [6.07, 6.45) is 5.94. The van der Waals surface area contributed by atoms with Gasteiger partial charge in [0.05, 0.1) is 11.7 Å². The molecule has 96 valence electrons. The molecule has 0 aromatic carbocycles. The second kappa shape index (κ2) is 4.25. The van der Waals surface area contributed by atoms with Crippen LogP contribution in [0.1, 0.15) is 42.2 Å². The molecule has 3 rings (SSSR count). The summed E-state index contributed by atoms with van der Waals surface area (Å²) in [7, 11) is 0. The number of nitrogens with zero attached hydrogens (tertiary/aromatic N) is 1. The Bertz CT molecular complexity index is 517. The molecule has 0 bridgehead atoms. The number of hydrogen-bond acceptors (Lipinski definition) is 4. The maximum atomic E-state index is 9.16. The molecule has 2 aliphatic rings. The van der Waals surface area contributed by atoms with E-state index in [0.717, 1.165) is 37.9 Å². The predicted molar refractivity (Wildman–Crippen MR) is 72.6 cm³/mol. The molecule has 1 aliphatic carbocycles. The minimum Gasteiger partial charge on any atom is -0.389 e. The van der Waals surface area contributed by atoms with Crippen LogP contribution in [0.25, 0.3) is 0 Å². The lowest BCUT2D eigenvalue weighted by molar-refractivity contribution is -0.0439. The molecular weight excluding hydrogens is 244 g/mol. The zero-order valence-corrected chi connectivity index (χ0v) is 11.5. The lowest BCUT2D eigenvalue weighted by Gasteiger charge is -2.42. The number of nitriles is 1. The summed E-state index contributed by atoms with van der Waals surface area (Å²) in [4.78, 5) is 1.35. The van der Waals surface area contributed by atoms with Crippen molar-refractivity contribution in [1.29, 1.82) is 5.26 Å². The molecule has 18 heavy (non-hydrogen) atoms. The van der Waals surface area contributed by atoms with Gasteiger partial charge in [-0.15, -0.1) is 11.3 Å². The Morgan fingerprint density at radius 1 is 1.50 bits per heavy atom. The van der Waals surface area contributed by atoms with Crippen LogP contribution in [0.3, 0.4) is 0 Å². The van der Waals surface area contributed by atoms with Crippen LogP contribution in [-0.2, 0) is 17.6 Å². The van der Waals surface area contributed by atoms with Crippen molar-refractivity contribution in [1.82, 2.24) is 0 Å². The molecule has 4 heteroatoms. The van der Waals surface area contributed by atoms with E-state index in [0.29, 0.717) is 16.5 Å². The summed E-state index contributed by atoms with van der Waals surface area (Å²) in [5.74, 6) is 0. The molecule has 0 radical (unpaired) electrons. The number of fused-ring (bicyclic) bond motifs is 1. The molecule has 2 N–H and O–H groups in total. The first-order chi connectivity index (χ1) is 8.63. The lowest BCUT2D eigenvalue weighted by atomic mass is 9.68. The van der Waals surface area contributed by atoms with Gasteiger partial charge >= 0.3 is 0 Å². The summed E-state index contributed by atoms with van der Waals surface area (Å²) in [5.41, 5.74) is 8.31. The lowest BCUT2D eigenvalue weighted by Crippen LogP contribution is -2.38. The summed E-state index contributed by atoms with van der Waals surface area (Å²) in [5, 5.41) is 9.87. The van der Waals surface area contributed by atoms with E-state index in [1.807, 2.05) is 0 Å². The Morgan fingerprint density at radius 3 is 3.06 bits per heavy atom. The molecule has 1 aromatic rings. The van der Waals surface area contributed by atoms with Gasteiger partial charge in [-0.1, -0.05) is 0 Å². The normalized spacial score (nSPS) is 31.0. The summed E-state index contributed by atoms with van der Waals surface area (Å²) in [6.45, 7) is 3.04. The van der Waals surface area contributed by atoms with Crippen molar-refractivity contribution < 1.29 is 4.74 Å². The van der Waals surface area contributed by atoms with Crippen LogP contribution in [0, 0.1) is 16.7 Å². The van der Waals surface area contributed by atoms with Crippen molar-refractivity contribution in [2.45, 2.75) is 45.1 Å². The van der Waals surface area contributed by atoms with Gasteiger partial charge in [0, 0.05) is 11.5 Å². The van der Waals surface area contributed by atoms with E-state index in [-0.39, 0.29) is 0 Å². The van der Waals surface area contributed by atoms with Gasteiger partial charge < -0.3 is 10.5 Å².